The van der Waals surface area contributed by atoms with Crippen LogP contribution in [0.2, 0.25) is 0 Å². The van der Waals surface area contributed by atoms with Crippen LogP contribution in [0.1, 0.15) is 25.8 Å². The van der Waals surface area contributed by atoms with Gasteiger partial charge in [0.15, 0.2) is 0 Å². The highest BCUT2D eigenvalue weighted by atomic mass is 19.1. The predicted molar refractivity (Wildman–Crippen MR) is 69.4 cm³/mol. The lowest BCUT2D eigenvalue weighted by Crippen LogP contribution is -2.35. The largest absolute Gasteiger partial charge is 0.394 e. The number of rotatable bonds is 5. The van der Waals surface area contributed by atoms with Crippen molar-refractivity contribution in [2.45, 2.75) is 26.3 Å². The molecule has 1 atom stereocenters. The first-order valence-electron chi connectivity index (χ1n) is 5.93. The molecular weight excluding hydrogens is 233 g/mol. The summed E-state index contributed by atoms with van der Waals surface area (Å²) in [5, 5.41) is 11.6. The Kier molecular flexibility index (Phi) is 5.52. The first kappa shape index (κ1) is 14.4. The van der Waals surface area contributed by atoms with Crippen LogP contribution in [-0.4, -0.2) is 23.7 Å². The van der Waals surface area contributed by atoms with E-state index in [0.29, 0.717) is 17.6 Å². The predicted octanol–water partition coefficient (Wildman–Crippen LogP) is 2.12. The lowest BCUT2D eigenvalue weighted by atomic mass is 10.1. The van der Waals surface area contributed by atoms with Crippen LogP contribution in [0.15, 0.2) is 30.3 Å². The fourth-order valence-electron chi connectivity index (χ4n) is 1.58. The SMILES string of the molecule is CCC(CO)NC(=O)/C=C(/C)c1ccccc1F. The van der Waals surface area contributed by atoms with Crippen molar-refractivity contribution in [2.75, 3.05) is 6.61 Å². The Labute approximate surface area is 106 Å². The van der Waals surface area contributed by atoms with E-state index < -0.39 is 0 Å². The third-order valence-corrected chi connectivity index (χ3v) is 2.71. The van der Waals surface area contributed by atoms with E-state index >= 15 is 0 Å². The Morgan fingerprint density at radius 1 is 1.50 bits per heavy atom. The minimum atomic E-state index is -0.353. The molecule has 4 heteroatoms. The maximum Gasteiger partial charge on any atom is 0.244 e. The van der Waals surface area contributed by atoms with Crippen LogP contribution in [0.25, 0.3) is 5.57 Å². The average molecular weight is 251 g/mol. The summed E-state index contributed by atoms with van der Waals surface area (Å²) in [4.78, 5) is 11.6. The van der Waals surface area contributed by atoms with Gasteiger partial charge in [-0.1, -0.05) is 25.1 Å². The van der Waals surface area contributed by atoms with Gasteiger partial charge in [-0.05, 0) is 25.0 Å². The zero-order valence-corrected chi connectivity index (χ0v) is 10.6. The van der Waals surface area contributed by atoms with Gasteiger partial charge >= 0.3 is 0 Å². The number of carbonyl (C=O) groups is 1. The van der Waals surface area contributed by atoms with Crippen LogP contribution >= 0.6 is 0 Å². The molecule has 98 valence electrons. The molecule has 18 heavy (non-hydrogen) atoms. The fourth-order valence-corrected chi connectivity index (χ4v) is 1.58. The van der Waals surface area contributed by atoms with Gasteiger partial charge in [-0.3, -0.25) is 4.79 Å². The first-order chi connectivity index (χ1) is 8.58. The monoisotopic (exact) mass is 251 g/mol. The number of hydrogen-bond acceptors (Lipinski definition) is 2. The molecule has 1 amide bonds. The van der Waals surface area contributed by atoms with Crippen LogP contribution in [0.3, 0.4) is 0 Å². The number of benzene rings is 1. The zero-order chi connectivity index (χ0) is 13.5. The van der Waals surface area contributed by atoms with Gasteiger partial charge in [0.2, 0.25) is 5.91 Å². The molecule has 1 aromatic rings. The van der Waals surface area contributed by atoms with Gasteiger partial charge in [-0.25, -0.2) is 4.39 Å². The summed E-state index contributed by atoms with van der Waals surface area (Å²) in [6.45, 7) is 3.45. The van der Waals surface area contributed by atoms with E-state index in [2.05, 4.69) is 5.32 Å². The van der Waals surface area contributed by atoms with Gasteiger partial charge in [0.05, 0.1) is 12.6 Å². The molecule has 2 N–H and O–H groups in total. The topological polar surface area (TPSA) is 49.3 Å². The normalized spacial score (nSPS) is 13.2. The molecule has 0 aliphatic carbocycles. The van der Waals surface area contributed by atoms with Crippen molar-refractivity contribution in [1.29, 1.82) is 0 Å². The minimum Gasteiger partial charge on any atom is -0.394 e. The molecule has 0 radical (unpaired) electrons. The fraction of sp³-hybridized carbons (Fsp3) is 0.357. The summed E-state index contributed by atoms with van der Waals surface area (Å²) >= 11 is 0. The molecule has 0 aliphatic heterocycles. The number of amides is 1. The third-order valence-electron chi connectivity index (χ3n) is 2.71. The number of halogens is 1. The number of carbonyl (C=O) groups excluding carboxylic acids is 1. The highest BCUT2D eigenvalue weighted by Gasteiger charge is 2.09. The lowest BCUT2D eigenvalue weighted by Gasteiger charge is -2.12. The van der Waals surface area contributed by atoms with E-state index in [1.165, 1.54) is 12.1 Å². The Bertz CT molecular complexity index is 439. The van der Waals surface area contributed by atoms with Gasteiger partial charge in [0, 0.05) is 11.6 Å². The molecule has 0 fully saturated rings. The van der Waals surface area contributed by atoms with E-state index in [0.717, 1.165) is 0 Å². The smallest absolute Gasteiger partial charge is 0.244 e. The maximum absolute atomic E-state index is 13.5. The molecule has 0 aromatic heterocycles. The number of allylic oxidation sites excluding steroid dienone is 1. The van der Waals surface area contributed by atoms with E-state index in [1.807, 2.05) is 6.92 Å². The van der Waals surface area contributed by atoms with Crippen molar-refractivity contribution < 1.29 is 14.3 Å². The van der Waals surface area contributed by atoms with E-state index in [1.54, 1.807) is 25.1 Å². The Hall–Kier alpha value is -1.68. The van der Waals surface area contributed by atoms with Gasteiger partial charge < -0.3 is 10.4 Å². The molecule has 0 heterocycles. The standard InChI is InChI=1S/C14H18FNO2/c1-3-11(9-17)16-14(18)8-10(2)12-6-4-5-7-13(12)15/h4-8,11,17H,3,9H2,1-2H3,(H,16,18)/b10-8-. The Morgan fingerprint density at radius 2 is 2.17 bits per heavy atom. The second kappa shape index (κ2) is 6.91. The highest BCUT2D eigenvalue weighted by molar-refractivity contribution is 5.95. The Balaban J connectivity index is 2.77. The summed E-state index contributed by atoms with van der Waals surface area (Å²) in [5.74, 6) is -0.676. The summed E-state index contributed by atoms with van der Waals surface area (Å²) in [6.07, 6.45) is 1.99. The molecule has 0 spiro atoms. The van der Waals surface area contributed by atoms with Gasteiger partial charge in [0.1, 0.15) is 5.82 Å². The van der Waals surface area contributed by atoms with E-state index in [4.69, 9.17) is 5.11 Å². The molecule has 0 saturated carbocycles. The summed E-state index contributed by atoms with van der Waals surface area (Å²) < 4.78 is 13.5. The van der Waals surface area contributed by atoms with Gasteiger partial charge in [-0.2, -0.15) is 0 Å². The molecule has 3 nitrogen and oxygen atoms in total. The van der Waals surface area contributed by atoms with Crippen molar-refractivity contribution in [3.05, 3.63) is 41.7 Å². The molecular formula is C14H18FNO2. The lowest BCUT2D eigenvalue weighted by molar-refractivity contribution is -0.117. The van der Waals surface area contributed by atoms with Crippen LogP contribution in [0.5, 0.6) is 0 Å². The first-order valence-corrected chi connectivity index (χ1v) is 5.93. The van der Waals surface area contributed by atoms with Gasteiger partial charge in [-0.15, -0.1) is 0 Å². The van der Waals surface area contributed by atoms with Crippen molar-refractivity contribution in [1.82, 2.24) is 5.32 Å². The number of aliphatic hydroxyl groups is 1. The zero-order valence-electron chi connectivity index (χ0n) is 10.6. The molecule has 1 aromatic carbocycles. The van der Waals surface area contributed by atoms with Crippen molar-refractivity contribution in [3.63, 3.8) is 0 Å². The molecule has 0 aliphatic rings. The van der Waals surface area contributed by atoms with Crippen LogP contribution < -0.4 is 5.32 Å². The average Bonchev–Trinajstić information content (AvgIpc) is 2.36. The summed E-state index contributed by atoms with van der Waals surface area (Å²) in [5.41, 5.74) is 0.961. The van der Waals surface area contributed by atoms with Crippen LogP contribution in [0, 0.1) is 5.82 Å². The van der Waals surface area contributed by atoms with E-state index in [9.17, 15) is 9.18 Å². The third kappa shape index (κ3) is 3.96. The molecule has 0 bridgehead atoms. The molecule has 1 rings (SSSR count). The molecule has 1 unspecified atom stereocenters. The number of hydrogen-bond donors (Lipinski definition) is 2. The van der Waals surface area contributed by atoms with Crippen molar-refractivity contribution >= 4 is 11.5 Å². The summed E-state index contributed by atoms with van der Waals surface area (Å²) in [6, 6.07) is 6.04. The highest BCUT2D eigenvalue weighted by Crippen LogP contribution is 2.16. The number of nitrogens with one attached hydrogen (secondary N) is 1. The number of aliphatic hydroxyl groups excluding tert-OH is 1. The second-order valence-corrected chi connectivity index (χ2v) is 4.10. The minimum absolute atomic E-state index is 0.102. The van der Waals surface area contributed by atoms with Gasteiger partial charge in [0.25, 0.3) is 0 Å². The van der Waals surface area contributed by atoms with Crippen molar-refractivity contribution in [2.24, 2.45) is 0 Å². The van der Waals surface area contributed by atoms with Crippen LogP contribution in [-0.2, 0) is 4.79 Å². The van der Waals surface area contributed by atoms with Crippen LogP contribution in [0.4, 0.5) is 4.39 Å². The Morgan fingerprint density at radius 3 is 2.72 bits per heavy atom. The quantitative estimate of drug-likeness (QED) is 0.787. The summed E-state index contributed by atoms with van der Waals surface area (Å²) in [7, 11) is 0. The van der Waals surface area contributed by atoms with E-state index in [-0.39, 0.29) is 24.4 Å². The second-order valence-electron chi connectivity index (χ2n) is 4.10. The molecule has 0 saturated heterocycles. The maximum atomic E-state index is 13.5. The van der Waals surface area contributed by atoms with Crippen molar-refractivity contribution in [3.8, 4) is 0 Å².